The van der Waals surface area contributed by atoms with Gasteiger partial charge in [-0.15, -0.1) is 25.5 Å². The average Bonchev–Trinajstić information content (AvgIpc) is 3.13. The first-order valence-electron chi connectivity index (χ1n) is 9.40. The lowest BCUT2D eigenvalue weighted by Gasteiger charge is -2.40. The highest BCUT2D eigenvalue weighted by molar-refractivity contribution is 5.12. The van der Waals surface area contributed by atoms with E-state index >= 15 is 0 Å². The van der Waals surface area contributed by atoms with E-state index in [0.29, 0.717) is 24.4 Å². The molecule has 2 nitrogen and oxygen atoms in total. The zero-order chi connectivity index (χ0) is 18.7. The normalized spacial score (nSPS) is 21.4. The number of hydrogen-bond acceptors (Lipinski definition) is 2. The molecule has 1 aliphatic rings. The molecular formula is C23H36N2. The Balaban J connectivity index is 2.73. The van der Waals surface area contributed by atoms with Crippen LogP contribution in [0.3, 0.4) is 0 Å². The van der Waals surface area contributed by atoms with Gasteiger partial charge in [0.2, 0.25) is 0 Å². The van der Waals surface area contributed by atoms with Gasteiger partial charge in [0.05, 0.1) is 0 Å². The molecule has 1 rings (SSSR count). The summed E-state index contributed by atoms with van der Waals surface area (Å²) in [6, 6.07) is 0. The van der Waals surface area contributed by atoms with Crippen LogP contribution in [0.1, 0.15) is 39.5 Å². The van der Waals surface area contributed by atoms with E-state index in [1.807, 2.05) is 12.2 Å². The highest BCUT2D eigenvalue weighted by atomic mass is 15.2. The predicted molar refractivity (Wildman–Crippen MR) is 111 cm³/mol. The molecule has 0 aliphatic heterocycles. The van der Waals surface area contributed by atoms with Gasteiger partial charge in [0.25, 0.3) is 0 Å². The van der Waals surface area contributed by atoms with Gasteiger partial charge in [0.15, 0.2) is 0 Å². The van der Waals surface area contributed by atoms with Crippen LogP contribution in [0.4, 0.5) is 0 Å². The fourth-order valence-corrected chi connectivity index (χ4v) is 3.25. The number of nitrogens with zero attached hydrogens (tertiary/aromatic N) is 1. The van der Waals surface area contributed by atoms with E-state index in [2.05, 4.69) is 74.6 Å². The van der Waals surface area contributed by atoms with E-state index in [4.69, 9.17) is 5.73 Å². The second-order valence-electron chi connectivity index (χ2n) is 7.28. The van der Waals surface area contributed by atoms with Gasteiger partial charge in [-0.05, 0) is 56.6 Å². The molecule has 138 valence electrons. The highest BCUT2D eigenvalue weighted by Crippen LogP contribution is 2.27. The average molecular weight is 341 g/mol. The smallest absolute Gasteiger partial charge is 0.0463 e. The summed E-state index contributed by atoms with van der Waals surface area (Å²) in [7, 11) is 0. The molecule has 0 bridgehead atoms. The third-order valence-electron chi connectivity index (χ3n) is 5.41. The van der Waals surface area contributed by atoms with Crippen molar-refractivity contribution in [2.24, 2.45) is 23.5 Å². The zero-order valence-corrected chi connectivity index (χ0v) is 16.2. The van der Waals surface area contributed by atoms with E-state index in [0.717, 1.165) is 32.2 Å². The van der Waals surface area contributed by atoms with Gasteiger partial charge < -0.3 is 5.73 Å². The Bertz CT molecular complexity index is 524. The quantitative estimate of drug-likeness (QED) is 0.282. The van der Waals surface area contributed by atoms with Crippen molar-refractivity contribution in [3.8, 4) is 0 Å². The van der Waals surface area contributed by atoms with Crippen molar-refractivity contribution in [1.82, 2.24) is 4.90 Å². The Labute approximate surface area is 155 Å². The lowest BCUT2D eigenvalue weighted by molar-refractivity contribution is 0.122. The van der Waals surface area contributed by atoms with Crippen LogP contribution in [-0.4, -0.2) is 23.7 Å². The largest absolute Gasteiger partial charge is 0.318 e. The molecule has 25 heavy (non-hydrogen) atoms. The monoisotopic (exact) mass is 340 g/mol. The molecule has 0 radical (unpaired) electrons. The van der Waals surface area contributed by atoms with Gasteiger partial charge in [0, 0.05) is 24.7 Å². The second kappa shape index (κ2) is 11.1. The third-order valence-corrected chi connectivity index (χ3v) is 5.41. The maximum Gasteiger partial charge on any atom is 0.0463 e. The molecule has 0 aromatic heterocycles. The van der Waals surface area contributed by atoms with Gasteiger partial charge in [-0.2, -0.15) is 0 Å². The Hall–Kier alpha value is -1.60. The fourth-order valence-electron chi connectivity index (χ4n) is 3.25. The summed E-state index contributed by atoms with van der Waals surface area (Å²) in [6.45, 7) is 17.9. The number of hydrogen-bond donors (Lipinski definition) is 1. The summed E-state index contributed by atoms with van der Waals surface area (Å²) in [4.78, 5) is 2.32. The van der Waals surface area contributed by atoms with Gasteiger partial charge in [-0.1, -0.05) is 37.3 Å². The maximum atomic E-state index is 6.11. The number of nitrogens with two attached hydrogens (primary N) is 1. The first kappa shape index (κ1) is 21.4. The van der Waals surface area contributed by atoms with Gasteiger partial charge in [0.1, 0.15) is 0 Å². The minimum absolute atomic E-state index is 0.152. The Morgan fingerprint density at radius 1 is 1.40 bits per heavy atom. The Kier molecular flexibility index (Phi) is 9.52. The molecule has 2 unspecified atom stereocenters. The van der Waals surface area contributed by atoms with Crippen molar-refractivity contribution >= 4 is 0 Å². The lowest BCUT2D eigenvalue weighted by atomic mass is 9.87. The van der Waals surface area contributed by atoms with Crippen LogP contribution < -0.4 is 5.73 Å². The molecular weight excluding hydrogens is 304 g/mol. The fraction of sp³-hybridized carbons (Fsp3) is 0.522. The second-order valence-corrected chi connectivity index (χ2v) is 7.28. The predicted octanol–water partition coefficient (Wildman–Crippen LogP) is 5.23. The topological polar surface area (TPSA) is 29.3 Å². The molecule has 1 aliphatic carbocycles. The Morgan fingerprint density at radius 2 is 2.16 bits per heavy atom. The van der Waals surface area contributed by atoms with Crippen LogP contribution in [0.15, 0.2) is 68.0 Å². The summed E-state index contributed by atoms with van der Waals surface area (Å²) in [5, 5.41) is 0. The van der Waals surface area contributed by atoms with Crippen molar-refractivity contribution in [2.45, 2.75) is 45.1 Å². The first-order valence-corrected chi connectivity index (χ1v) is 9.40. The molecule has 0 saturated heterocycles. The summed E-state index contributed by atoms with van der Waals surface area (Å²) < 4.78 is 0. The molecule has 2 heteroatoms. The van der Waals surface area contributed by atoms with E-state index < -0.39 is 0 Å². The minimum atomic E-state index is -0.152. The van der Waals surface area contributed by atoms with Crippen molar-refractivity contribution < 1.29 is 0 Å². The van der Waals surface area contributed by atoms with Crippen LogP contribution in [0.2, 0.25) is 0 Å². The van der Waals surface area contributed by atoms with Crippen LogP contribution >= 0.6 is 0 Å². The van der Waals surface area contributed by atoms with Crippen LogP contribution in [0, 0.1) is 17.8 Å². The molecule has 0 heterocycles. The lowest BCUT2D eigenvalue weighted by Crippen LogP contribution is -2.50. The summed E-state index contributed by atoms with van der Waals surface area (Å²) >= 11 is 0. The maximum absolute atomic E-state index is 6.11. The van der Waals surface area contributed by atoms with Crippen LogP contribution in [0.5, 0.6) is 0 Å². The summed E-state index contributed by atoms with van der Waals surface area (Å²) in [5.41, 5.74) is 9.12. The van der Waals surface area contributed by atoms with E-state index in [9.17, 15) is 0 Å². The third kappa shape index (κ3) is 6.66. The van der Waals surface area contributed by atoms with Crippen molar-refractivity contribution in [2.75, 3.05) is 13.2 Å². The molecule has 4 atom stereocenters. The molecule has 0 aromatic rings. The zero-order valence-electron chi connectivity index (χ0n) is 16.2. The number of rotatable bonds is 13. The van der Waals surface area contributed by atoms with E-state index in [1.165, 1.54) is 0 Å². The summed E-state index contributed by atoms with van der Waals surface area (Å²) in [6.07, 6.45) is 19.0. The van der Waals surface area contributed by atoms with Gasteiger partial charge in [-0.25, -0.2) is 0 Å². The number of allylic oxidation sites excluding steroid dienone is 3. The first-order chi connectivity index (χ1) is 12.0. The Morgan fingerprint density at radius 3 is 2.68 bits per heavy atom. The minimum Gasteiger partial charge on any atom is -0.318 e. The molecule has 2 N–H and O–H groups in total. The SMILES string of the molecule is C=CCCC(C)[C@@H](C=C)CN(CN)[C@](C)(C=C)C/C=C/C1C=C=CC1. The molecule has 0 fully saturated rings. The molecule has 0 saturated carbocycles. The van der Waals surface area contributed by atoms with E-state index in [1.54, 1.807) is 0 Å². The summed E-state index contributed by atoms with van der Waals surface area (Å²) in [5.74, 6) is 1.46. The molecule has 0 spiro atoms. The van der Waals surface area contributed by atoms with Crippen LogP contribution in [-0.2, 0) is 0 Å². The molecule has 0 aromatic carbocycles. The van der Waals surface area contributed by atoms with Crippen molar-refractivity contribution in [1.29, 1.82) is 0 Å². The van der Waals surface area contributed by atoms with Crippen LogP contribution in [0.25, 0.3) is 0 Å². The molecule has 0 amide bonds. The van der Waals surface area contributed by atoms with Crippen molar-refractivity contribution in [3.63, 3.8) is 0 Å². The van der Waals surface area contributed by atoms with Gasteiger partial charge in [-0.3, -0.25) is 4.90 Å². The highest BCUT2D eigenvalue weighted by Gasteiger charge is 2.29. The van der Waals surface area contributed by atoms with Crippen molar-refractivity contribution in [3.05, 3.63) is 68.0 Å². The van der Waals surface area contributed by atoms with E-state index in [-0.39, 0.29) is 5.54 Å². The van der Waals surface area contributed by atoms with Gasteiger partial charge >= 0.3 is 0 Å². The standard InChI is InChI=1S/C23H36N2/c1-6-9-13-20(4)22(7-2)18-25(19-24)23(5,8-3)17-12-16-21-14-10-11-15-21/h6-8,10,12,15-16,20-22H,1-3,9,13-14,17-19,24H2,4-5H3/b16-12+/t20?,21?,22-,23+/m0/s1.